The molecule has 0 spiro atoms. The van der Waals surface area contributed by atoms with Crippen LogP contribution < -0.4 is 10.5 Å². The first-order valence-electron chi connectivity index (χ1n) is 9.22. The van der Waals surface area contributed by atoms with Crippen molar-refractivity contribution < 1.29 is 4.74 Å². The summed E-state index contributed by atoms with van der Waals surface area (Å²) in [6, 6.07) is 13.5. The monoisotopic (exact) mass is 440 g/mol. The van der Waals surface area contributed by atoms with E-state index in [0.29, 0.717) is 24.8 Å². The summed E-state index contributed by atoms with van der Waals surface area (Å²) in [5.41, 5.74) is 2.63. The number of anilines is 1. The van der Waals surface area contributed by atoms with Crippen LogP contribution in [-0.4, -0.2) is 34.2 Å². The normalized spacial score (nSPS) is 17.4. The first-order chi connectivity index (χ1) is 13.6. The Morgan fingerprint density at radius 1 is 1.11 bits per heavy atom. The molecule has 1 aliphatic heterocycles. The number of benzene rings is 1. The Balaban J connectivity index is 1.60. The van der Waals surface area contributed by atoms with Crippen molar-refractivity contribution in [2.24, 2.45) is 7.05 Å². The second-order valence-corrected chi connectivity index (χ2v) is 7.68. The van der Waals surface area contributed by atoms with E-state index in [4.69, 9.17) is 9.72 Å². The lowest BCUT2D eigenvalue weighted by Crippen LogP contribution is -2.33. The summed E-state index contributed by atoms with van der Waals surface area (Å²) in [5, 5.41) is 0. The Morgan fingerprint density at radius 3 is 2.61 bits per heavy atom. The van der Waals surface area contributed by atoms with Crippen LogP contribution in [-0.2, 0) is 11.8 Å². The predicted octanol–water partition coefficient (Wildman–Crippen LogP) is 3.57. The number of hydrogen-bond donors (Lipinski definition) is 0. The highest BCUT2D eigenvalue weighted by atomic mass is 79.9. The number of aromatic nitrogens is 3. The first kappa shape index (κ1) is 18.8. The summed E-state index contributed by atoms with van der Waals surface area (Å²) >= 11 is 3.47. The van der Waals surface area contributed by atoms with Gasteiger partial charge in [-0.3, -0.25) is 14.3 Å². The van der Waals surface area contributed by atoms with Gasteiger partial charge in [-0.1, -0.05) is 28.1 Å². The third kappa shape index (κ3) is 4.00. The van der Waals surface area contributed by atoms with Crippen LogP contribution in [0.25, 0.3) is 11.3 Å². The van der Waals surface area contributed by atoms with E-state index < -0.39 is 0 Å². The van der Waals surface area contributed by atoms with E-state index >= 15 is 0 Å². The van der Waals surface area contributed by atoms with Gasteiger partial charge < -0.3 is 9.64 Å². The maximum Gasteiger partial charge on any atom is 0.255 e. The van der Waals surface area contributed by atoms with Gasteiger partial charge in [0, 0.05) is 48.6 Å². The molecule has 0 bridgehead atoms. The van der Waals surface area contributed by atoms with Crippen molar-refractivity contribution in [3.05, 3.63) is 75.2 Å². The van der Waals surface area contributed by atoms with Gasteiger partial charge >= 0.3 is 0 Å². The molecular formula is C21H21BrN4O2. The molecule has 3 aromatic rings. The minimum atomic E-state index is -0.0774. The zero-order valence-electron chi connectivity index (χ0n) is 15.6. The smallest absolute Gasteiger partial charge is 0.255 e. The van der Waals surface area contributed by atoms with E-state index in [2.05, 4.69) is 37.9 Å². The van der Waals surface area contributed by atoms with Gasteiger partial charge in [-0.25, -0.2) is 4.98 Å². The zero-order chi connectivity index (χ0) is 19.5. The molecule has 0 radical (unpaired) electrons. The van der Waals surface area contributed by atoms with Gasteiger partial charge in [0.2, 0.25) is 5.95 Å². The number of ether oxygens (including phenoxy) is 1. The van der Waals surface area contributed by atoms with Crippen LogP contribution in [0.5, 0.6) is 0 Å². The highest BCUT2D eigenvalue weighted by Crippen LogP contribution is 2.27. The minimum absolute atomic E-state index is 0.0403. The van der Waals surface area contributed by atoms with Crippen molar-refractivity contribution in [1.82, 2.24) is 14.5 Å². The topological polar surface area (TPSA) is 60.2 Å². The van der Waals surface area contributed by atoms with Crippen LogP contribution in [0.3, 0.4) is 0 Å². The Kier molecular flexibility index (Phi) is 5.54. The lowest BCUT2D eigenvalue weighted by molar-refractivity contribution is 0.0647. The predicted molar refractivity (Wildman–Crippen MR) is 112 cm³/mol. The molecule has 3 heterocycles. The van der Waals surface area contributed by atoms with Gasteiger partial charge in [0.25, 0.3) is 5.56 Å². The Bertz CT molecular complexity index is 1010. The summed E-state index contributed by atoms with van der Waals surface area (Å²) in [6.45, 7) is 2.03. The summed E-state index contributed by atoms with van der Waals surface area (Å²) in [4.78, 5) is 23.5. The number of hydrogen-bond acceptors (Lipinski definition) is 5. The molecule has 1 aliphatic rings. The summed E-state index contributed by atoms with van der Waals surface area (Å²) in [5.74, 6) is 0.666. The van der Waals surface area contributed by atoms with Crippen LogP contribution in [0.4, 0.5) is 5.95 Å². The molecule has 1 aromatic carbocycles. The van der Waals surface area contributed by atoms with Crippen molar-refractivity contribution in [2.75, 3.05) is 24.6 Å². The maximum atomic E-state index is 12.5. The Labute approximate surface area is 172 Å². The number of halogens is 1. The quantitative estimate of drug-likeness (QED) is 0.622. The third-order valence-corrected chi connectivity index (χ3v) is 5.48. The van der Waals surface area contributed by atoms with Gasteiger partial charge in [0.15, 0.2) is 0 Å². The maximum absolute atomic E-state index is 12.5. The van der Waals surface area contributed by atoms with Crippen LogP contribution >= 0.6 is 15.9 Å². The van der Waals surface area contributed by atoms with Crippen molar-refractivity contribution in [3.63, 3.8) is 0 Å². The number of pyridine rings is 1. The van der Waals surface area contributed by atoms with Gasteiger partial charge in [-0.2, -0.15) is 0 Å². The van der Waals surface area contributed by atoms with E-state index in [-0.39, 0.29) is 11.7 Å². The second kappa shape index (κ2) is 8.24. The molecule has 144 valence electrons. The van der Waals surface area contributed by atoms with Crippen molar-refractivity contribution in [2.45, 2.75) is 12.5 Å². The Hall–Kier alpha value is -2.51. The molecular weight excluding hydrogens is 420 g/mol. The van der Waals surface area contributed by atoms with Crippen molar-refractivity contribution in [1.29, 1.82) is 0 Å². The average Bonchev–Trinajstić information content (AvgIpc) is 2.97. The lowest BCUT2D eigenvalue weighted by Gasteiger charge is -2.23. The molecule has 4 rings (SSSR count). The molecule has 6 nitrogen and oxygen atoms in total. The molecule has 2 aromatic heterocycles. The van der Waals surface area contributed by atoms with Gasteiger partial charge in [-0.05, 0) is 36.2 Å². The molecule has 1 fully saturated rings. The average molecular weight is 441 g/mol. The molecule has 1 unspecified atom stereocenters. The molecule has 0 amide bonds. The fourth-order valence-corrected chi connectivity index (χ4v) is 3.66. The third-order valence-electron chi connectivity index (χ3n) is 4.95. The molecule has 1 saturated heterocycles. The van der Waals surface area contributed by atoms with E-state index in [0.717, 1.165) is 28.6 Å². The highest BCUT2D eigenvalue weighted by Gasteiger charge is 2.22. The molecule has 0 saturated carbocycles. The standard InChI is InChI=1S/C21H21BrN4O2/c1-25-20(27)14-18(15-6-9-23-10-7-15)24-21(25)26-11-8-19(28-13-12-26)16-2-4-17(22)5-3-16/h2-7,9-10,14,19H,8,11-13H2,1H3. The summed E-state index contributed by atoms with van der Waals surface area (Å²) < 4.78 is 8.74. The van der Waals surface area contributed by atoms with Crippen molar-refractivity contribution in [3.8, 4) is 11.3 Å². The van der Waals surface area contributed by atoms with Crippen LogP contribution in [0.2, 0.25) is 0 Å². The van der Waals surface area contributed by atoms with Crippen molar-refractivity contribution >= 4 is 21.9 Å². The van der Waals surface area contributed by atoms with E-state index in [9.17, 15) is 4.79 Å². The highest BCUT2D eigenvalue weighted by molar-refractivity contribution is 9.10. The SMILES string of the molecule is Cn1c(N2CCOC(c3ccc(Br)cc3)CC2)nc(-c2ccncc2)cc1=O. The van der Waals surface area contributed by atoms with Gasteiger partial charge in [0.05, 0.1) is 18.4 Å². The summed E-state index contributed by atoms with van der Waals surface area (Å²) in [7, 11) is 1.76. The van der Waals surface area contributed by atoms with E-state index in [1.165, 1.54) is 0 Å². The fraction of sp³-hybridized carbons (Fsp3) is 0.286. The van der Waals surface area contributed by atoms with Crippen LogP contribution in [0.1, 0.15) is 18.1 Å². The second-order valence-electron chi connectivity index (χ2n) is 6.76. The minimum Gasteiger partial charge on any atom is -0.372 e. The molecule has 28 heavy (non-hydrogen) atoms. The fourth-order valence-electron chi connectivity index (χ4n) is 3.39. The van der Waals surface area contributed by atoms with Crippen LogP contribution in [0.15, 0.2) is 64.1 Å². The van der Waals surface area contributed by atoms with Crippen LogP contribution in [0, 0.1) is 0 Å². The number of nitrogens with zero attached hydrogens (tertiary/aromatic N) is 4. The van der Waals surface area contributed by atoms with E-state index in [1.807, 2.05) is 24.3 Å². The lowest BCUT2D eigenvalue weighted by atomic mass is 10.1. The van der Waals surface area contributed by atoms with Gasteiger partial charge in [-0.15, -0.1) is 0 Å². The summed E-state index contributed by atoms with van der Waals surface area (Å²) in [6.07, 6.45) is 4.28. The molecule has 0 N–H and O–H groups in total. The first-order valence-corrected chi connectivity index (χ1v) is 10.0. The van der Waals surface area contributed by atoms with E-state index in [1.54, 1.807) is 30.1 Å². The number of rotatable bonds is 3. The largest absolute Gasteiger partial charge is 0.372 e. The van der Waals surface area contributed by atoms with Gasteiger partial charge in [0.1, 0.15) is 0 Å². The molecule has 0 aliphatic carbocycles. The molecule has 7 heteroatoms. The zero-order valence-corrected chi connectivity index (χ0v) is 17.2. The Morgan fingerprint density at radius 2 is 1.86 bits per heavy atom. The molecule has 1 atom stereocenters.